The van der Waals surface area contributed by atoms with E-state index in [1.165, 1.54) is 40.4 Å². The van der Waals surface area contributed by atoms with E-state index in [1.807, 2.05) is 6.92 Å². The van der Waals surface area contributed by atoms with Crippen molar-refractivity contribution in [3.05, 3.63) is 58.2 Å². The van der Waals surface area contributed by atoms with E-state index in [9.17, 15) is 22.7 Å². The molecule has 31 heavy (non-hydrogen) atoms. The minimum Gasteiger partial charge on any atom is -0.507 e. The lowest BCUT2D eigenvalue weighted by Gasteiger charge is -2.13. The van der Waals surface area contributed by atoms with Crippen LogP contribution >= 0.6 is 11.3 Å². The number of phenolic OH excluding ortho intramolecular Hbond substituents is 1. The Balaban J connectivity index is 2.12. The number of hydrogen-bond donors (Lipinski definition) is 1. The normalized spacial score (nSPS) is 12.3. The van der Waals surface area contributed by atoms with E-state index >= 15 is 0 Å². The maximum absolute atomic E-state index is 13.0. The summed E-state index contributed by atoms with van der Waals surface area (Å²) in [6.45, 7) is -4.04. The van der Waals surface area contributed by atoms with Crippen molar-refractivity contribution < 1.29 is 32.1 Å². The Morgan fingerprint density at radius 1 is 1.10 bits per heavy atom. The summed E-state index contributed by atoms with van der Waals surface area (Å²) in [4.78, 5) is 4.79. The Kier molecular flexibility index (Phi) is 7.29. The average Bonchev–Trinajstić information content (AvgIpc) is 3.09. The molecule has 1 N–H and O–H groups in total. The summed E-state index contributed by atoms with van der Waals surface area (Å²) in [5.41, 5.74) is 0.938. The fraction of sp³-hybridized carbons (Fsp3) is 0.200. The van der Waals surface area contributed by atoms with Crippen LogP contribution in [0.25, 0.3) is 11.3 Å². The summed E-state index contributed by atoms with van der Waals surface area (Å²) < 4.78 is 61.2. The van der Waals surface area contributed by atoms with Crippen LogP contribution in [-0.4, -0.2) is 35.8 Å². The lowest BCUT2D eigenvalue weighted by molar-refractivity contribution is -0.0540. The largest absolute Gasteiger partial charge is 0.507 e. The van der Waals surface area contributed by atoms with Gasteiger partial charge in [0, 0.05) is 29.1 Å². The van der Waals surface area contributed by atoms with E-state index in [0.717, 1.165) is 6.07 Å². The lowest BCUT2D eigenvalue weighted by atomic mass is 10.1. The first-order chi connectivity index (χ1) is 14.9. The van der Waals surface area contributed by atoms with Crippen molar-refractivity contribution in [2.24, 2.45) is 10.1 Å². The first-order valence-electron chi connectivity index (χ1n) is 8.96. The van der Waals surface area contributed by atoms with Gasteiger partial charge in [-0.05, 0) is 31.2 Å². The van der Waals surface area contributed by atoms with E-state index in [4.69, 9.17) is 0 Å². The van der Waals surface area contributed by atoms with Crippen molar-refractivity contribution in [2.45, 2.75) is 20.1 Å². The third kappa shape index (κ3) is 5.63. The lowest BCUT2D eigenvalue weighted by Crippen LogP contribution is -2.13. The second-order valence-corrected chi connectivity index (χ2v) is 6.74. The predicted molar refractivity (Wildman–Crippen MR) is 108 cm³/mol. The van der Waals surface area contributed by atoms with Gasteiger partial charge < -0.3 is 14.6 Å². The van der Waals surface area contributed by atoms with Crippen molar-refractivity contribution in [3.8, 4) is 28.5 Å². The van der Waals surface area contributed by atoms with Crippen molar-refractivity contribution in [1.29, 1.82) is 0 Å². The molecular formula is C20H17F4N3O3S. The molecule has 164 valence electrons. The van der Waals surface area contributed by atoms with Gasteiger partial charge in [-0.15, -0.1) is 11.3 Å². The first-order valence-corrected chi connectivity index (χ1v) is 9.84. The molecular weight excluding hydrogens is 438 g/mol. The van der Waals surface area contributed by atoms with E-state index in [-0.39, 0.29) is 22.8 Å². The molecule has 0 saturated heterocycles. The van der Waals surface area contributed by atoms with E-state index in [1.54, 1.807) is 23.6 Å². The van der Waals surface area contributed by atoms with E-state index in [0.29, 0.717) is 22.6 Å². The monoisotopic (exact) mass is 455 g/mol. The quantitative estimate of drug-likeness (QED) is 0.387. The maximum atomic E-state index is 13.0. The van der Waals surface area contributed by atoms with Gasteiger partial charge in [0.15, 0.2) is 0 Å². The third-order valence-corrected chi connectivity index (χ3v) is 4.75. The fourth-order valence-electron chi connectivity index (χ4n) is 2.64. The highest BCUT2D eigenvalue weighted by molar-refractivity contribution is 7.07. The molecule has 6 nitrogen and oxygen atoms in total. The zero-order valence-corrected chi connectivity index (χ0v) is 16.9. The van der Waals surface area contributed by atoms with Crippen molar-refractivity contribution in [1.82, 2.24) is 4.68 Å². The molecule has 0 atom stereocenters. The number of alkyl halides is 4. The molecule has 0 aliphatic rings. The Hall–Kier alpha value is -3.34. The minimum atomic E-state index is -3.18. The zero-order valence-electron chi connectivity index (χ0n) is 16.1. The molecule has 2 aromatic carbocycles. The molecule has 0 fully saturated rings. The van der Waals surface area contributed by atoms with Crippen LogP contribution in [0.3, 0.4) is 0 Å². The Bertz CT molecular complexity index is 1130. The standard InChI is InChI=1S/C20H17F4N3O3S/c1-2-25-20-27(26-10-12-5-3-4-6-16(12)28)15(11-31-20)14-8-7-13(29-18(21)22)9-17(14)30-19(23)24/h3-11,18-19,28H,2H2,1H3/b25-20?,26-10+. The van der Waals surface area contributed by atoms with Gasteiger partial charge in [-0.3, -0.25) is 4.99 Å². The molecule has 1 heterocycles. The number of thiazole rings is 1. The number of phenols is 1. The van der Waals surface area contributed by atoms with E-state index < -0.39 is 13.2 Å². The number of para-hydroxylation sites is 1. The number of ether oxygens (including phenoxy) is 2. The summed E-state index contributed by atoms with van der Waals surface area (Å²) >= 11 is 1.20. The molecule has 0 amide bonds. The number of aromatic nitrogens is 1. The van der Waals surface area contributed by atoms with Gasteiger partial charge in [0.05, 0.1) is 11.9 Å². The highest BCUT2D eigenvalue weighted by atomic mass is 32.1. The summed E-state index contributed by atoms with van der Waals surface area (Å²) in [5.74, 6) is -0.680. The van der Waals surface area contributed by atoms with Crippen molar-refractivity contribution >= 4 is 17.6 Å². The Morgan fingerprint density at radius 2 is 1.84 bits per heavy atom. The van der Waals surface area contributed by atoms with Gasteiger partial charge in [0.2, 0.25) is 4.80 Å². The van der Waals surface area contributed by atoms with Crippen LogP contribution in [0.1, 0.15) is 12.5 Å². The summed E-state index contributed by atoms with van der Waals surface area (Å²) in [6, 6.07) is 10.0. The smallest absolute Gasteiger partial charge is 0.387 e. The SMILES string of the molecule is CCN=c1scc(-c2ccc(OC(F)F)cc2OC(F)F)n1/N=C/c1ccccc1O. The molecule has 0 radical (unpaired) electrons. The third-order valence-electron chi connectivity index (χ3n) is 3.90. The number of aromatic hydroxyl groups is 1. The highest BCUT2D eigenvalue weighted by Crippen LogP contribution is 2.35. The zero-order chi connectivity index (χ0) is 22.4. The van der Waals surface area contributed by atoms with Crippen LogP contribution in [0.2, 0.25) is 0 Å². The van der Waals surface area contributed by atoms with Crippen molar-refractivity contribution in [2.75, 3.05) is 6.54 Å². The molecule has 3 aromatic rings. The fourth-order valence-corrected chi connectivity index (χ4v) is 3.53. The number of nitrogens with zero attached hydrogens (tertiary/aromatic N) is 3. The van der Waals surface area contributed by atoms with Crippen LogP contribution < -0.4 is 14.3 Å². The summed E-state index contributed by atoms with van der Waals surface area (Å²) in [7, 11) is 0. The number of benzene rings is 2. The van der Waals surface area contributed by atoms with Crippen LogP contribution in [0, 0.1) is 0 Å². The molecule has 1 aromatic heterocycles. The molecule has 0 aliphatic heterocycles. The highest BCUT2D eigenvalue weighted by Gasteiger charge is 2.18. The Morgan fingerprint density at radius 3 is 2.52 bits per heavy atom. The molecule has 0 bridgehead atoms. The molecule has 0 spiro atoms. The van der Waals surface area contributed by atoms with Gasteiger partial charge in [0.25, 0.3) is 0 Å². The average molecular weight is 455 g/mol. The molecule has 0 saturated carbocycles. The van der Waals surface area contributed by atoms with E-state index in [2.05, 4.69) is 19.6 Å². The molecule has 0 unspecified atom stereocenters. The van der Waals surface area contributed by atoms with Crippen LogP contribution in [0.15, 0.2) is 57.9 Å². The van der Waals surface area contributed by atoms with Gasteiger partial charge >= 0.3 is 13.2 Å². The summed E-state index contributed by atoms with van der Waals surface area (Å²) in [6.07, 6.45) is 1.39. The Labute approximate surface area is 178 Å². The number of halogens is 4. The van der Waals surface area contributed by atoms with Gasteiger partial charge in [0.1, 0.15) is 17.2 Å². The molecule has 3 rings (SSSR count). The number of hydrogen-bond acceptors (Lipinski definition) is 6. The number of rotatable bonds is 8. The second-order valence-electron chi connectivity index (χ2n) is 5.91. The van der Waals surface area contributed by atoms with Crippen LogP contribution in [-0.2, 0) is 0 Å². The van der Waals surface area contributed by atoms with Crippen LogP contribution in [0.4, 0.5) is 17.6 Å². The summed E-state index contributed by atoms with van der Waals surface area (Å²) in [5, 5.41) is 15.9. The molecule has 0 aliphatic carbocycles. The predicted octanol–water partition coefficient (Wildman–Crippen LogP) is 4.93. The van der Waals surface area contributed by atoms with Gasteiger partial charge in [-0.25, -0.2) is 4.68 Å². The molecule has 11 heteroatoms. The second kappa shape index (κ2) is 10.1. The minimum absolute atomic E-state index is 0.00725. The van der Waals surface area contributed by atoms with Crippen LogP contribution in [0.5, 0.6) is 17.2 Å². The topological polar surface area (TPSA) is 68.3 Å². The first kappa shape index (κ1) is 22.3. The van der Waals surface area contributed by atoms with Gasteiger partial charge in [-0.2, -0.15) is 22.7 Å². The van der Waals surface area contributed by atoms with Gasteiger partial charge in [-0.1, -0.05) is 12.1 Å². The maximum Gasteiger partial charge on any atom is 0.387 e. The van der Waals surface area contributed by atoms with Crippen molar-refractivity contribution in [3.63, 3.8) is 0 Å².